The van der Waals surface area contributed by atoms with Crippen LogP contribution in [0, 0.1) is 0 Å². The van der Waals surface area contributed by atoms with Gasteiger partial charge in [-0.3, -0.25) is 14.1 Å². The topological polar surface area (TPSA) is 119 Å². The molecule has 0 saturated carbocycles. The molecule has 0 bridgehead atoms. The summed E-state index contributed by atoms with van der Waals surface area (Å²) in [5.41, 5.74) is 0. The number of phosphoric ester groups is 1. The largest absolute Gasteiger partial charge is 0.469 e. The molecule has 0 amide bonds. The number of carbonyl (C=O) groups is 2. The standard InChI is InChI=1S/C41H71O8P/c1-3-5-7-9-11-13-15-16-17-18-19-20-21-22-23-24-26-27-29-31-33-35-40(42)47-37-39(38-48-50(44,45)46)49-41(43)36-34-32-30-28-25-14-12-10-8-6-4-2/h10,12,17-18,20-21,23-24,27,29,39H,3-9,11,13-16,19,22,25-26,28,30-38H2,1-2H3,(H2,44,45,46)/b12-10+,18-17+,21-20+,24-23+,29-27+/t39-/m1/s1. The Morgan fingerprint density at radius 1 is 0.520 bits per heavy atom. The molecule has 0 unspecified atom stereocenters. The fourth-order valence-corrected chi connectivity index (χ4v) is 5.41. The fraction of sp³-hybridized carbons (Fsp3) is 0.707. The Hall–Kier alpha value is -2.25. The first-order chi connectivity index (χ1) is 24.3. The molecule has 0 aliphatic carbocycles. The lowest BCUT2D eigenvalue weighted by Gasteiger charge is -2.18. The number of hydrogen-bond donors (Lipinski definition) is 2. The van der Waals surface area contributed by atoms with Crippen LogP contribution in [0.4, 0.5) is 0 Å². The smallest absolute Gasteiger partial charge is 0.462 e. The Bertz CT molecular complexity index is 995. The van der Waals surface area contributed by atoms with E-state index in [4.69, 9.17) is 19.3 Å². The second kappa shape index (κ2) is 36.5. The van der Waals surface area contributed by atoms with Crippen LogP contribution in [0.3, 0.4) is 0 Å². The van der Waals surface area contributed by atoms with Crippen LogP contribution in [-0.4, -0.2) is 41.0 Å². The molecular formula is C41H71O8P. The zero-order valence-corrected chi connectivity index (χ0v) is 32.4. The van der Waals surface area contributed by atoms with E-state index in [1.807, 2.05) is 6.08 Å². The first kappa shape index (κ1) is 47.8. The van der Waals surface area contributed by atoms with Crippen LogP contribution >= 0.6 is 7.82 Å². The summed E-state index contributed by atoms with van der Waals surface area (Å²) >= 11 is 0. The van der Waals surface area contributed by atoms with E-state index in [-0.39, 0.29) is 19.4 Å². The van der Waals surface area contributed by atoms with E-state index in [0.717, 1.165) is 64.2 Å². The van der Waals surface area contributed by atoms with Crippen LogP contribution in [0.15, 0.2) is 60.8 Å². The fourth-order valence-electron chi connectivity index (χ4n) is 5.05. The van der Waals surface area contributed by atoms with Gasteiger partial charge in [0.25, 0.3) is 0 Å². The molecular weight excluding hydrogens is 651 g/mol. The van der Waals surface area contributed by atoms with Gasteiger partial charge >= 0.3 is 19.8 Å². The molecule has 288 valence electrons. The number of unbranched alkanes of at least 4 members (excludes halogenated alkanes) is 15. The van der Waals surface area contributed by atoms with E-state index >= 15 is 0 Å². The number of carbonyl (C=O) groups excluding carboxylic acids is 2. The minimum absolute atomic E-state index is 0.187. The molecule has 50 heavy (non-hydrogen) atoms. The Morgan fingerprint density at radius 2 is 0.940 bits per heavy atom. The third kappa shape index (κ3) is 38.6. The minimum Gasteiger partial charge on any atom is -0.462 e. The van der Waals surface area contributed by atoms with E-state index < -0.39 is 32.5 Å². The molecule has 0 heterocycles. The Kier molecular flexibility index (Phi) is 34.9. The molecule has 8 nitrogen and oxygen atoms in total. The van der Waals surface area contributed by atoms with Crippen molar-refractivity contribution in [1.82, 2.24) is 0 Å². The van der Waals surface area contributed by atoms with Crippen LogP contribution in [0.2, 0.25) is 0 Å². The lowest BCUT2D eigenvalue weighted by molar-refractivity contribution is -0.161. The number of rotatable bonds is 35. The molecule has 0 rings (SSSR count). The molecule has 0 aromatic carbocycles. The van der Waals surface area contributed by atoms with Crippen molar-refractivity contribution in [2.45, 2.75) is 174 Å². The van der Waals surface area contributed by atoms with E-state index in [1.54, 1.807) is 0 Å². The summed E-state index contributed by atoms with van der Waals surface area (Å²) in [6.07, 6.45) is 45.3. The average molecular weight is 723 g/mol. The van der Waals surface area contributed by atoms with Crippen molar-refractivity contribution in [2.24, 2.45) is 0 Å². The third-order valence-corrected chi connectivity index (χ3v) is 8.49. The molecule has 0 aliphatic rings. The number of ether oxygens (including phenoxy) is 2. The summed E-state index contributed by atoms with van der Waals surface area (Å²) in [4.78, 5) is 42.6. The SMILES string of the molecule is CCCC/C=C/CCCCCCCC(=O)O[C@H](COC(=O)CCC/C=C/C/C=C/C/C=C/C/C=C/CCCCCCCCC)COP(=O)(O)O. The van der Waals surface area contributed by atoms with Crippen LogP contribution in [-0.2, 0) is 28.2 Å². The first-order valence-electron chi connectivity index (χ1n) is 19.6. The monoisotopic (exact) mass is 722 g/mol. The number of hydrogen-bond acceptors (Lipinski definition) is 6. The van der Waals surface area contributed by atoms with Gasteiger partial charge < -0.3 is 19.3 Å². The van der Waals surface area contributed by atoms with Gasteiger partial charge in [0.15, 0.2) is 6.10 Å². The summed E-state index contributed by atoms with van der Waals surface area (Å²) in [7, 11) is -4.76. The highest BCUT2D eigenvalue weighted by Crippen LogP contribution is 2.36. The quantitative estimate of drug-likeness (QED) is 0.0287. The highest BCUT2D eigenvalue weighted by Gasteiger charge is 2.22. The molecule has 0 fully saturated rings. The molecule has 0 radical (unpaired) electrons. The van der Waals surface area contributed by atoms with E-state index in [9.17, 15) is 14.2 Å². The van der Waals surface area contributed by atoms with Crippen molar-refractivity contribution in [3.05, 3.63) is 60.8 Å². The van der Waals surface area contributed by atoms with Gasteiger partial charge in [-0.05, 0) is 70.6 Å². The van der Waals surface area contributed by atoms with Crippen molar-refractivity contribution >= 4 is 19.8 Å². The second-order valence-corrected chi connectivity index (χ2v) is 14.1. The third-order valence-electron chi connectivity index (χ3n) is 8.01. The summed E-state index contributed by atoms with van der Waals surface area (Å²) in [5.74, 6) is -0.967. The zero-order valence-electron chi connectivity index (χ0n) is 31.5. The van der Waals surface area contributed by atoms with Gasteiger partial charge in [-0.1, -0.05) is 145 Å². The Labute approximate surface area is 305 Å². The van der Waals surface area contributed by atoms with Crippen molar-refractivity contribution in [3.63, 3.8) is 0 Å². The maximum Gasteiger partial charge on any atom is 0.469 e. The van der Waals surface area contributed by atoms with E-state index in [1.165, 1.54) is 64.2 Å². The number of allylic oxidation sites excluding steroid dienone is 10. The second-order valence-electron chi connectivity index (χ2n) is 12.9. The number of esters is 2. The van der Waals surface area contributed by atoms with Gasteiger partial charge in [-0.2, -0.15) is 0 Å². The van der Waals surface area contributed by atoms with Crippen molar-refractivity contribution in [3.8, 4) is 0 Å². The highest BCUT2D eigenvalue weighted by molar-refractivity contribution is 7.46. The van der Waals surface area contributed by atoms with Crippen LogP contribution in [0.5, 0.6) is 0 Å². The molecule has 0 aliphatic heterocycles. The lowest BCUT2D eigenvalue weighted by atomic mass is 10.1. The predicted octanol–water partition coefficient (Wildman–Crippen LogP) is 11.7. The minimum atomic E-state index is -4.76. The van der Waals surface area contributed by atoms with Crippen LogP contribution in [0.25, 0.3) is 0 Å². The van der Waals surface area contributed by atoms with Crippen LogP contribution in [0.1, 0.15) is 168 Å². The summed E-state index contributed by atoms with van der Waals surface area (Å²) < 4.78 is 26.2. The van der Waals surface area contributed by atoms with Crippen molar-refractivity contribution in [1.29, 1.82) is 0 Å². The summed E-state index contributed by atoms with van der Waals surface area (Å²) in [6.45, 7) is 3.57. The maximum absolute atomic E-state index is 12.3. The Morgan fingerprint density at radius 3 is 1.48 bits per heavy atom. The molecule has 1 atom stereocenters. The van der Waals surface area contributed by atoms with E-state index in [2.05, 4.69) is 73.1 Å². The molecule has 0 aromatic heterocycles. The lowest BCUT2D eigenvalue weighted by Crippen LogP contribution is -2.29. The van der Waals surface area contributed by atoms with Gasteiger partial charge in [0.1, 0.15) is 6.61 Å². The summed E-state index contributed by atoms with van der Waals surface area (Å²) in [5, 5.41) is 0. The molecule has 9 heteroatoms. The Balaban J connectivity index is 4.04. The molecule has 0 spiro atoms. The molecule has 0 aromatic rings. The van der Waals surface area contributed by atoms with Gasteiger partial charge in [0.2, 0.25) is 0 Å². The van der Waals surface area contributed by atoms with E-state index in [0.29, 0.717) is 12.8 Å². The van der Waals surface area contributed by atoms with Gasteiger partial charge in [0, 0.05) is 12.8 Å². The zero-order chi connectivity index (χ0) is 36.8. The van der Waals surface area contributed by atoms with Crippen molar-refractivity contribution in [2.75, 3.05) is 13.2 Å². The van der Waals surface area contributed by atoms with Gasteiger partial charge in [-0.25, -0.2) is 4.57 Å². The average Bonchev–Trinajstić information content (AvgIpc) is 3.08. The first-order valence-corrected chi connectivity index (χ1v) is 21.1. The molecule has 0 saturated heterocycles. The van der Waals surface area contributed by atoms with Gasteiger partial charge in [0.05, 0.1) is 6.61 Å². The predicted molar refractivity (Wildman–Crippen MR) is 207 cm³/mol. The molecule has 2 N–H and O–H groups in total. The maximum atomic E-state index is 12.3. The van der Waals surface area contributed by atoms with Crippen LogP contribution < -0.4 is 0 Å². The van der Waals surface area contributed by atoms with Gasteiger partial charge in [-0.15, -0.1) is 0 Å². The van der Waals surface area contributed by atoms with Crippen molar-refractivity contribution < 1.29 is 37.9 Å². The number of phosphoric acid groups is 1. The normalized spacial score (nSPS) is 13.1. The highest BCUT2D eigenvalue weighted by atomic mass is 31.2. The summed E-state index contributed by atoms with van der Waals surface area (Å²) in [6, 6.07) is 0.